The topological polar surface area (TPSA) is 38.7 Å². The van der Waals surface area contributed by atoms with Crippen molar-refractivity contribution in [2.24, 2.45) is 46.3 Å². The van der Waals surface area contributed by atoms with Crippen LogP contribution in [0.15, 0.2) is 11.6 Å². The number of rotatable bonds is 0. The molecule has 0 radical (unpaired) electrons. The molecule has 3 saturated carbocycles. The lowest BCUT2D eigenvalue weighted by molar-refractivity contribution is -0.272. The van der Waals surface area contributed by atoms with Gasteiger partial charge in [-0.25, -0.2) is 0 Å². The van der Waals surface area contributed by atoms with Gasteiger partial charge >= 0.3 is 0 Å². The molecular weight excluding hydrogens is 372 g/mol. The van der Waals surface area contributed by atoms with E-state index in [4.69, 9.17) is 9.47 Å². The van der Waals surface area contributed by atoms with E-state index in [1.54, 1.807) is 5.57 Å². The van der Waals surface area contributed by atoms with Crippen molar-refractivity contribution in [2.45, 2.75) is 103 Å². The highest BCUT2D eigenvalue weighted by atomic mass is 16.7. The molecule has 4 aliphatic carbocycles. The minimum absolute atomic E-state index is 0.107. The second kappa shape index (κ2) is 6.58. The first-order valence-electron chi connectivity index (χ1n) is 13.0. The minimum Gasteiger partial charge on any atom is -0.393 e. The number of hydrogen-bond acceptors (Lipinski definition) is 3. The molecule has 6 aliphatic rings. The second-order valence-electron chi connectivity index (χ2n) is 12.7. The summed E-state index contributed by atoms with van der Waals surface area (Å²) in [6.07, 6.45) is 13.5. The Labute approximate surface area is 183 Å². The lowest BCUT2D eigenvalue weighted by atomic mass is 9.47. The molecule has 5 fully saturated rings. The predicted molar refractivity (Wildman–Crippen MR) is 118 cm³/mol. The van der Waals surface area contributed by atoms with Crippen LogP contribution in [0.25, 0.3) is 0 Å². The third kappa shape index (κ3) is 2.55. The molecule has 1 N–H and O–H groups in total. The Morgan fingerprint density at radius 1 is 1.03 bits per heavy atom. The zero-order valence-electron chi connectivity index (χ0n) is 19.5. The van der Waals surface area contributed by atoms with Crippen LogP contribution >= 0.6 is 0 Å². The average Bonchev–Trinajstić information content (AvgIpc) is 3.16. The highest BCUT2D eigenvalue weighted by Gasteiger charge is 2.68. The van der Waals surface area contributed by atoms with Crippen LogP contribution in [0.5, 0.6) is 0 Å². The minimum atomic E-state index is -0.294. The molecule has 3 heteroatoms. The molecule has 1 spiro atoms. The van der Waals surface area contributed by atoms with Crippen molar-refractivity contribution in [2.75, 3.05) is 6.61 Å². The Hall–Kier alpha value is -0.380. The third-order valence-electron chi connectivity index (χ3n) is 11.3. The summed E-state index contributed by atoms with van der Waals surface area (Å²) in [5.74, 6) is 3.94. The van der Waals surface area contributed by atoms with Gasteiger partial charge in [-0.15, -0.1) is 0 Å². The fourth-order valence-electron chi connectivity index (χ4n) is 9.66. The van der Waals surface area contributed by atoms with Crippen molar-refractivity contribution >= 4 is 0 Å². The summed E-state index contributed by atoms with van der Waals surface area (Å²) in [5.41, 5.74) is 2.31. The third-order valence-corrected chi connectivity index (χ3v) is 11.3. The number of aliphatic hydroxyl groups excluding tert-OH is 1. The summed E-state index contributed by atoms with van der Waals surface area (Å²) in [7, 11) is 0. The lowest BCUT2D eigenvalue weighted by Crippen LogP contribution is -2.52. The van der Waals surface area contributed by atoms with Gasteiger partial charge in [0.05, 0.1) is 18.8 Å². The summed E-state index contributed by atoms with van der Waals surface area (Å²) >= 11 is 0. The summed E-state index contributed by atoms with van der Waals surface area (Å²) in [6, 6.07) is 0. The highest BCUT2D eigenvalue weighted by Crippen LogP contribution is 2.70. The maximum Gasteiger partial charge on any atom is 0.171 e. The SMILES string of the molecule is C[C@@H]1CC[C@]2(OC1)O[C@H]1C[C@H]3[C@@H]4CC=C5C[C@@H](O)CC[C@]5(C)[C@H]4CC[C@]3(C)[C@H]1[C@@H]2C. The van der Waals surface area contributed by atoms with E-state index in [1.165, 1.54) is 38.5 Å². The number of allylic oxidation sites excluding steroid dienone is 1. The van der Waals surface area contributed by atoms with E-state index in [1.807, 2.05) is 0 Å². The average molecular weight is 415 g/mol. The molecule has 0 aromatic rings. The Kier molecular flexibility index (Phi) is 4.44. The van der Waals surface area contributed by atoms with Crippen molar-refractivity contribution in [3.8, 4) is 0 Å². The molecule has 2 aliphatic heterocycles. The Morgan fingerprint density at radius 3 is 2.63 bits per heavy atom. The lowest BCUT2D eigenvalue weighted by Gasteiger charge is -2.58. The van der Waals surface area contributed by atoms with Gasteiger partial charge in [0.15, 0.2) is 5.79 Å². The van der Waals surface area contributed by atoms with Gasteiger partial charge in [0.2, 0.25) is 0 Å². The summed E-state index contributed by atoms with van der Waals surface area (Å²) < 4.78 is 13.3. The van der Waals surface area contributed by atoms with Gasteiger partial charge in [0.1, 0.15) is 0 Å². The Bertz CT molecular complexity index is 736. The zero-order valence-corrected chi connectivity index (χ0v) is 19.5. The molecule has 0 unspecified atom stereocenters. The smallest absolute Gasteiger partial charge is 0.171 e. The molecular formula is C27H42O3. The second-order valence-corrected chi connectivity index (χ2v) is 12.7. The summed E-state index contributed by atoms with van der Waals surface area (Å²) in [4.78, 5) is 0. The monoisotopic (exact) mass is 414 g/mol. The van der Waals surface area contributed by atoms with Gasteiger partial charge < -0.3 is 14.6 Å². The molecule has 168 valence electrons. The van der Waals surface area contributed by atoms with E-state index >= 15 is 0 Å². The maximum atomic E-state index is 10.3. The van der Waals surface area contributed by atoms with Crippen molar-refractivity contribution in [3.63, 3.8) is 0 Å². The number of aliphatic hydroxyl groups is 1. The van der Waals surface area contributed by atoms with Gasteiger partial charge in [0, 0.05) is 12.3 Å². The van der Waals surface area contributed by atoms with E-state index in [-0.39, 0.29) is 11.9 Å². The van der Waals surface area contributed by atoms with E-state index in [2.05, 4.69) is 33.8 Å². The molecule has 11 atom stereocenters. The first kappa shape index (κ1) is 20.2. The van der Waals surface area contributed by atoms with Crippen LogP contribution in [-0.4, -0.2) is 29.7 Å². The van der Waals surface area contributed by atoms with Crippen molar-refractivity contribution in [3.05, 3.63) is 11.6 Å². The summed E-state index contributed by atoms with van der Waals surface area (Å²) in [5, 5.41) is 10.3. The molecule has 2 heterocycles. The molecule has 0 amide bonds. The van der Waals surface area contributed by atoms with Crippen LogP contribution in [-0.2, 0) is 9.47 Å². The van der Waals surface area contributed by atoms with Crippen LogP contribution in [0.1, 0.15) is 85.5 Å². The molecule has 0 aromatic carbocycles. The normalized spacial score (nSPS) is 59.8. The fourth-order valence-corrected chi connectivity index (χ4v) is 9.66. The zero-order chi connectivity index (χ0) is 20.9. The van der Waals surface area contributed by atoms with Crippen LogP contribution < -0.4 is 0 Å². The largest absolute Gasteiger partial charge is 0.393 e. The highest BCUT2D eigenvalue weighted by molar-refractivity contribution is 5.26. The van der Waals surface area contributed by atoms with E-state index < -0.39 is 0 Å². The number of hydrogen-bond donors (Lipinski definition) is 1. The van der Waals surface area contributed by atoms with Gasteiger partial charge in [-0.05, 0) is 91.8 Å². The standard InChI is InChI=1S/C27H42O3/c1-16-7-12-27(29-15-16)17(2)24-23(30-27)14-22-20-6-5-18-13-19(28)8-10-25(18,3)21(20)9-11-26(22,24)4/h5,16-17,19-24,28H,6-15H2,1-4H3/t16-,17+,19+,20-,21+,22+,23+,24+,25+,26+,27+/m1/s1. The molecule has 6 rings (SSSR count). The Morgan fingerprint density at radius 2 is 1.87 bits per heavy atom. The molecule has 3 nitrogen and oxygen atoms in total. The maximum absolute atomic E-state index is 10.3. The van der Waals surface area contributed by atoms with Gasteiger partial charge in [-0.2, -0.15) is 0 Å². The van der Waals surface area contributed by atoms with Crippen molar-refractivity contribution < 1.29 is 14.6 Å². The van der Waals surface area contributed by atoms with Gasteiger partial charge in [0.25, 0.3) is 0 Å². The van der Waals surface area contributed by atoms with Crippen molar-refractivity contribution in [1.29, 1.82) is 0 Å². The molecule has 0 aromatic heterocycles. The van der Waals surface area contributed by atoms with Crippen LogP contribution in [0, 0.1) is 46.3 Å². The first-order valence-corrected chi connectivity index (χ1v) is 13.0. The number of ether oxygens (including phenoxy) is 2. The quantitative estimate of drug-likeness (QED) is 0.516. The fraction of sp³-hybridized carbons (Fsp3) is 0.926. The van der Waals surface area contributed by atoms with E-state index in [9.17, 15) is 5.11 Å². The van der Waals surface area contributed by atoms with Crippen LogP contribution in [0.2, 0.25) is 0 Å². The Balaban J connectivity index is 1.28. The first-order chi connectivity index (χ1) is 14.3. The predicted octanol–water partition coefficient (Wildman–Crippen LogP) is 5.71. The van der Waals surface area contributed by atoms with E-state index in [0.717, 1.165) is 43.6 Å². The number of fused-ring (bicyclic) bond motifs is 7. The van der Waals surface area contributed by atoms with Gasteiger partial charge in [-0.1, -0.05) is 39.3 Å². The van der Waals surface area contributed by atoms with Crippen LogP contribution in [0.4, 0.5) is 0 Å². The molecule has 2 saturated heterocycles. The van der Waals surface area contributed by atoms with Gasteiger partial charge in [-0.3, -0.25) is 0 Å². The summed E-state index contributed by atoms with van der Waals surface area (Å²) in [6.45, 7) is 10.8. The molecule has 30 heavy (non-hydrogen) atoms. The van der Waals surface area contributed by atoms with Crippen molar-refractivity contribution in [1.82, 2.24) is 0 Å². The van der Waals surface area contributed by atoms with Crippen LogP contribution in [0.3, 0.4) is 0 Å². The molecule has 0 bridgehead atoms. The van der Waals surface area contributed by atoms with E-state index in [0.29, 0.717) is 34.7 Å².